The highest BCUT2D eigenvalue weighted by Gasteiger charge is 2.36. The highest BCUT2D eigenvalue weighted by atomic mass is 16.3. The first-order valence-corrected chi connectivity index (χ1v) is 9.19. The Balaban J connectivity index is 2.25. The number of phenolic OH excluding ortho intramolecular Hbond substituents is 4. The number of benzene rings is 3. The lowest BCUT2D eigenvalue weighted by Gasteiger charge is -2.36. The van der Waals surface area contributed by atoms with Crippen LogP contribution in [0.2, 0.25) is 0 Å². The minimum absolute atomic E-state index is 0.00962. The van der Waals surface area contributed by atoms with E-state index < -0.39 is 10.8 Å². The monoisotopic (exact) mass is 378 g/mol. The number of hydrogen-bond donors (Lipinski definition) is 4. The van der Waals surface area contributed by atoms with Crippen LogP contribution in [0, 0.1) is 0 Å². The number of rotatable bonds is 4. The van der Waals surface area contributed by atoms with Crippen LogP contribution in [0.3, 0.4) is 0 Å². The van der Waals surface area contributed by atoms with E-state index in [-0.39, 0.29) is 23.0 Å². The Labute approximate surface area is 165 Å². The lowest BCUT2D eigenvalue weighted by molar-refractivity contribution is 0.427. The normalized spacial score (nSPS) is 12.1. The molecule has 3 aromatic rings. The molecule has 3 aromatic carbocycles. The second-order valence-electron chi connectivity index (χ2n) is 8.23. The molecule has 0 heterocycles. The molecule has 0 fully saturated rings. The van der Waals surface area contributed by atoms with Crippen LogP contribution < -0.4 is 0 Å². The van der Waals surface area contributed by atoms with Crippen LogP contribution in [0.25, 0.3) is 0 Å². The van der Waals surface area contributed by atoms with Gasteiger partial charge in [-0.2, -0.15) is 0 Å². The summed E-state index contributed by atoms with van der Waals surface area (Å²) in [6.45, 7) is 8.04. The second-order valence-corrected chi connectivity index (χ2v) is 8.23. The van der Waals surface area contributed by atoms with Crippen LogP contribution in [-0.2, 0) is 10.8 Å². The zero-order valence-electron chi connectivity index (χ0n) is 16.6. The fourth-order valence-electron chi connectivity index (χ4n) is 3.82. The molecular formula is C24H26O4. The summed E-state index contributed by atoms with van der Waals surface area (Å²) in [5.74, 6) is 0.367. The molecule has 0 atom stereocenters. The maximum Gasteiger partial charge on any atom is 0.123 e. The van der Waals surface area contributed by atoms with Crippen molar-refractivity contribution in [3.8, 4) is 23.0 Å². The van der Waals surface area contributed by atoms with Crippen molar-refractivity contribution in [3.63, 3.8) is 0 Å². The molecule has 0 unspecified atom stereocenters. The van der Waals surface area contributed by atoms with E-state index in [2.05, 4.69) is 0 Å². The predicted molar refractivity (Wildman–Crippen MR) is 110 cm³/mol. The molecule has 146 valence electrons. The van der Waals surface area contributed by atoms with Gasteiger partial charge in [0.25, 0.3) is 0 Å². The summed E-state index contributed by atoms with van der Waals surface area (Å²) >= 11 is 0. The molecular weight excluding hydrogens is 352 g/mol. The van der Waals surface area contributed by atoms with E-state index >= 15 is 0 Å². The molecule has 0 saturated heterocycles. The first-order chi connectivity index (χ1) is 13.0. The van der Waals surface area contributed by atoms with E-state index in [9.17, 15) is 20.4 Å². The maximum atomic E-state index is 10.8. The molecule has 0 bridgehead atoms. The first-order valence-electron chi connectivity index (χ1n) is 9.19. The van der Waals surface area contributed by atoms with Crippen LogP contribution in [0.5, 0.6) is 23.0 Å². The summed E-state index contributed by atoms with van der Waals surface area (Å²) in [4.78, 5) is 0. The minimum Gasteiger partial charge on any atom is -0.508 e. The summed E-state index contributed by atoms with van der Waals surface area (Å²) in [5, 5.41) is 40.3. The van der Waals surface area contributed by atoms with Gasteiger partial charge in [0.1, 0.15) is 23.0 Å². The molecule has 28 heavy (non-hydrogen) atoms. The van der Waals surface area contributed by atoms with Gasteiger partial charge in [0.15, 0.2) is 0 Å². The average molecular weight is 378 g/mol. The van der Waals surface area contributed by atoms with Crippen molar-refractivity contribution in [1.82, 2.24) is 0 Å². The third kappa shape index (κ3) is 3.38. The minimum atomic E-state index is -0.588. The van der Waals surface area contributed by atoms with E-state index in [1.54, 1.807) is 30.3 Å². The molecule has 4 heteroatoms. The van der Waals surface area contributed by atoms with Crippen molar-refractivity contribution in [2.45, 2.75) is 38.5 Å². The van der Waals surface area contributed by atoms with Gasteiger partial charge >= 0.3 is 0 Å². The van der Waals surface area contributed by atoms with Gasteiger partial charge in [-0.1, -0.05) is 52.0 Å². The van der Waals surface area contributed by atoms with Gasteiger partial charge in [0.05, 0.1) is 0 Å². The number of hydrogen-bond acceptors (Lipinski definition) is 4. The summed E-state index contributed by atoms with van der Waals surface area (Å²) < 4.78 is 0. The fraction of sp³-hybridized carbons (Fsp3) is 0.250. The van der Waals surface area contributed by atoms with Crippen molar-refractivity contribution in [2.75, 3.05) is 0 Å². The Bertz CT molecular complexity index is 984. The predicted octanol–water partition coefficient (Wildman–Crippen LogP) is 5.16. The van der Waals surface area contributed by atoms with Crippen LogP contribution in [-0.4, -0.2) is 20.4 Å². The Hall–Kier alpha value is -3.14. The Morgan fingerprint density at radius 2 is 0.964 bits per heavy atom. The van der Waals surface area contributed by atoms with Gasteiger partial charge in [-0.3, -0.25) is 0 Å². The van der Waals surface area contributed by atoms with Crippen LogP contribution >= 0.6 is 0 Å². The Kier molecular flexibility index (Phi) is 4.76. The van der Waals surface area contributed by atoms with Crippen molar-refractivity contribution in [2.24, 2.45) is 0 Å². The van der Waals surface area contributed by atoms with E-state index in [0.29, 0.717) is 5.56 Å². The molecule has 0 radical (unpaired) electrons. The van der Waals surface area contributed by atoms with Crippen molar-refractivity contribution >= 4 is 0 Å². The molecule has 4 N–H and O–H groups in total. The fourth-order valence-corrected chi connectivity index (χ4v) is 3.82. The summed E-state index contributed by atoms with van der Waals surface area (Å²) in [6.07, 6.45) is 0. The smallest absolute Gasteiger partial charge is 0.123 e. The third-order valence-electron chi connectivity index (χ3n) is 5.58. The van der Waals surface area contributed by atoms with E-state index in [1.807, 2.05) is 52.0 Å². The summed E-state index contributed by atoms with van der Waals surface area (Å²) in [5.41, 5.74) is 2.22. The Morgan fingerprint density at radius 3 is 1.43 bits per heavy atom. The van der Waals surface area contributed by atoms with E-state index in [0.717, 1.165) is 16.7 Å². The molecule has 4 nitrogen and oxygen atoms in total. The summed E-state index contributed by atoms with van der Waals surface area (Å²) in [7, 11) is 0. The molecule has 3 rings (SSSR count). The largest absolute Gasteiger partial charge is 0.508 e. The van der Waals surface area contributed by atoms with E-state index in [1.165, 1.54) is 6.07 Å². The molecule has 0 amide bonds. The van der Waals surface area contributed by atoms with Gasteiger partial charge in [0.2, 0.25) is 0 Å². The lowest BCUT2D eigenvalue weighted by atomic mass is 9.68. The topological polar surface area (TPSA) is 80.9 Å². The number of phenols is 4. The second kappa shape index (κ2) is 6.79. The van der Waals surface area contributed by atoms with Crippen LogP contribution in [0.1, 0.15) is 49.9 Å². The number of aromatic hydroxyl groups is 4. The first kappa shape index (κ1) is 19.6. The van der Waals surface area contributed by atoms with Crippen molar-refractivity contribution in [3.05, 3.63) is 82.9 Å². The highest BCUT2D eigenvalue weighted by molar-refractivity contribution is 5.58. The molecule has 0 aromatic heterocycles. The lowest BCUT2D eigenvalue weighted by Crippen LogP contribution is -2.28. The van der Waals surface area contributed by atoms with Crippen molar-refractivity contribution < 1.29 is 20.4 Å². The zero-order valence-corrected chi connectivity index (χ0v) is 16.6. The van der Waals surface area contributed by atoms with Crippen molar-refractivity contribution in [1.29, 1.82) is 0 Å². The average Bonchev–Trinajstić information content (AvgIpc) is 2.61. The molecule has 0 spiro atoms. The third-order valence-corrected chi connectivity index (χ3v) is 5.58. The maximum absolute atomic E-state index is 10.8. The van der Waals surface area contributed by atoms with E-state index in [4.69, 9.17) is 0 Å². The van der Waals surface area contributed by atoms with Gasteiger partial charge in [0, 0.05) is 22.5 Å². The van der Waals surface area contributed by atoms with Crippen LogP contribution in [0.4, 0.5) is 0 Å². The molecule has 0 aliphatic heterocycles. The Morgan fingerprint density at radius 1 is 0.536 bits per heavy atom. The van der Waals surface area contributed by atoms with Crippen LogP contribution in [0.15, 0.2) is 60.7 Å². The molecule has 0 aliphatic rings. The highest BCUT2D eigenvalue weighted by Crippen LogP contribution is 2.47. The molecule has 0 saturated carbocycles. The van der Waals surface area contributed by atoms with Gasteiger partial charge < -0.3 is 20.4 Å². The quantitative estimate of drug-likeness (QED) is 0.505. The molecule has 0 aliphatic carbocycles. The summed E-state index contributed by atoms with van der Waals surface area (Å²) in [6, 6.07) is 16.9. The van der Waals surface area contributed by atoms with Gasteiger partial charge in [-0.25, -0.2) is 0 Å². The zero-order chi connectivity index (χ0) is 20.7. The SMILES string of the molecule is CC(C)(c1ccc(O)cc1)c1cc(O)cc(O)c1C(C)(C)c1ccc(O)cc1. The van der Waals surface area contributed by atoms with Gasteiger partial charge in [-0.15, -0.1) is 0 Å². The van der Waals surface area contributed by atoms with Gasteiger partial charge in [-0.05, 0) is 47.0 Å². The standard InChI is InChI=1S/C24H26O4/c1-23(2,15-5-9-17(25)10-6-15)20-13-19(27)14-21(28)22(20)24(3,4)16-7-11-18(26)12-8-16/h5-14,25-28H,1-4H3.